The molecule has 0 aliphatic carbocycles. The van der Waals surface area contributed by atoms with Gasteiger partial charge in [0.25, 0.3) is 0 Å². The van der Waals surface area contributed by atoms with Crippen LogP contribution in [0.25, 0.3) is 0 Å². The highest BCUT2D eigenvalue weighted by Gasteiger charge is 2.03. The summed E-state index contributed by atoms with van der Waals surface area (Å²) in [5.74, 6) is 2.31. The van der Waals surface area contributed by atoms with E-state index in [-0.39, 0.29) is 0 Å². The van der Waals surface area contributed by atoms with Gasteiger partial charge in [0.05, 0.1) is 0 Å². The Balaban J connectivity index is 1.78. The molecule has 0 saturated carbocycles. The fraction of sp³-hybridized carbons (Fsp3) is 0. The van der Waals surface area contributed by atoms with Crippen molar-refractivity contribution in [3.05, 3.63) is 83.9 Å². The number of carbonyl (C=O) groups is 2. The van der Waals surface area contributed by atoms with Crippen molar-refractivity contribution in [1.82, 2.24) is 0 Å². The molecule has 0 spiro atoms. The second-order valence-corrected chi connectivity index (χ2v) is 5.06. The van der Waals surface area contributed by atoms with Gasteiger partial charge in [-0.1, -0.05) is 30.3 Å². The maximum Gasteiger partial charge on any atom is 0.150 e. The van der Waals surface area contributed by atoms with Gasteiger partial charge in [0.15, 0.2) is 0 Å². The summed E-state index contributed by atoms with van der Waals surface area (Å²) in [7, 11) is 0. The largest absolute Gasteiger partial charge is 0.457 e. The van der Waals surface area contributed by atoms with E-state index in [2.05, 4.69) is 0 Å². The first-order valence-electron chi connectivity index (χ1n) is 7.33. The molecule has 118 valence electrons. The molecular formula is C20H14O4. The van der Waals surface area contributed by atoms with Gasteiger partial charge in [-0.05, 0) is 36.4 Å². The summed E-state index contributed by atoms with van der Waals surface area (Å²) in [6, 6.07) is 20.9. The highest BCUT2D eigenvalue weighted by Crippen LogP contribution is 2.28. The SMILES string of the molecule is O=Cc1cccc(Oc2cccc(Oc3cccc(C=O)c3)c2)c1. The molecule has 0 saturated heterocycles. The van der Waals surface area contributed by atoms with Crippen molar-refractivity contribution in [3.8, 4) is 23.0 Å². The number of rotatable bonds is 6. The Bertz CT molecular complexity index is 802. The smallest absolute Gasteiger partial charge is 0.150 e. The van der Waals surface area contributed by atoms with Crippen LogP contribution in [0, 0.1) is 0 Å². The third kappa shape index (κ3) is 3.87. The minimum atomic E-state index is 0.547. The molecule has 0 radical (unpaired) electrons. The summed E-state index contributed by atoms with van der Waals surface area (Å²) in [6.07, 6.45) is 1.54. The van der Waals surface area contributed by atoms with E-state index in [1.54, 1.807) is 72.8 Å². The van der Waals surface area contributed by atoms with E-state index in [4.69, 9.17) is 9.47 Å². The molecule has 0 fully saturated rings. The standard InChI is InChI=1S/C20H14O4/c21-13-15-4-1-6-17(10-15)23-19-8-3-9-20(12-19)24-18-7-2-5-16(11-18)14-22/h1-14H. The zero-order chi connectivity index (χ0) is 16.8. The Labute approximate surface area is 139 Å². The van der Waals surface area contributed by atoms with E-state index >= 15 is 0 Å². The number of carbonyl (C=O) groups excluding carboxylic acids is 2. The van der Waals surface area contributed by atoms with Gasteiger partial charge in [-0.15, -0.1) is 0 Å². The summed E-state index contributed by atoms with van der Waals surface area (Å²) >= 11 is 0. The first-order valence-corrected chi connectivity index (χ1v) is 7.33. The van der Waals surface area contributed by atoms with Crippen LogP contribution in [0.4, 0.5) is 0 Å². The van der Waals surface area contributed by atoms with Crippen molar-refractivity contribution < 1.29 is 19.1 Å². The predicted octanol–water partition coefficient (Wildman–Crippen LogP) is 4.90. The quantitative estimate of drug-likeness (QED) is 0.607. The van der Waals surface area contributed by atoms with E-state index in [1.807, 2.05) is 0 Å². The summed E-state index contributed by atoms with van der Waals surface area (Å²) in [6.45, 7) is 0. The molecule has 0 aliphatic heterocycles. The van der Waals surface area contributed by atoms with Crippen LogP contribution >= 0.6 is 0 Å². The van der Waals surface area contributed by atoms with Gasteiger partial charge in [-0.25, -0.2) is 0 Å². The molecule has 0 aromatic heterocycles. The van der Waals surface area contributed by atoms with E-state index < -0.39 is 0 Å². The van der Waals surface area contributed by atoms with Crippen molar-refractivity contribution >= 4 is 12.6 Å². The number of hydrogen-bond acceptors (Lipinski definition) is 4. The fourth-order valence-corrected chi connectivity index (χ4v) is 2.18. The molecule has 0 aliphatic rings. The van der Waals surface area contributed by atoms with Crippen molar-refractivity contribution in [2.24, 2.45) is 0 Å². The lowest BCUT2D eigenvalue weighted by Crippen LogP contribution is -1.89. The minimum Gasteiger partial charge on any atom is -0.457 e. The summed E-state index contributed by atoms with van der Waals surface area (Å²) in [4.78, 5) is 21.6. The Hall–Kier alpha value is -3.40. The van der Waals surface area contributed by atoms with Gasteiger partial charge in [-0.3, -0.25) is 9.59 Å². The molecule has 3 rings (SSSR count). The van der Waals surface area contributed by atoms with Crippen LogP contribution in [-0.4, -0.2) is 12.6 Å². The molecule has 3 aromatic rings. The zero-order valence-corrected chi connectivity index (χ0v) is 12.7. The molecule has 0 N–H and O–H groups in total. The number of benzene rings is 3. The van der Waals surface area contributed by atoms with E-state index in [0.29, 0.717) is 34.1 Å². The third-order valence-electron chi connectivity index (χ3n) is 3.27. The fourth-order valence-electron chi connectivity index (χ4n) is 2.18. The van der Waals surface area contributed by atoms with Crippen LogP contribution < -0.4 is 9.47 Å². The van der Waals surface area contributed by atoms with Gasteiger partial charge in [0.2, 0.25) is 0 Å². The van der Waals surface area contributed by atoms with Crippen LogP contribution in [0.5, 0.6) is 23.0 Å². The normalized spacial score (nSPS) is 10.0. The predicted molar refractivity (Wildman–Crippen MR) is 90.2 cm³/mol. The second-order valence-electron chi connectivity index (χ2n) is 5.06. The lowest BCUT2D eigenvalue weighted by atomic mass is 10.2. The van der Waals surface area contributed by atoms with E-state index in [1.165, 1.54) is 0 Å². The molecule has 0 amide bonds. The number of hydrogen-bond donors (Lipinski definition) is 0. The van der Waals surface area contributed by atoms with Gasteiger partial charge >= 0.3 is 0 Å². The Morgan fingerprint density at radius 2 is 0.917 bits per heavy atom. The van der Waals surface area contributed by atoms with Gasteiger partial charge in [-0.2, -0.15) is 0 Å². The molecule has 3 aromatic carbocycles. The Morgan fingerprint density at radius 1 is 0.542 bits per heavy atom. The Kier molecular flexibility index (Phi) is 4.68. The monoisotopic (exact) mass is 318 g/mol. The maximum atomic E-state index is 10.8. The zero-order valence-electron chi connectivity index (χ0n) is 12.7. The summed E-state index contributed by atoms with van der Waals surface area (Å²) < 4.78 is 11.5. The third-order valence-corrected chi connectivity index (χ3v) is 3.27. The van der Waals surface area contributed by atoms with E-state index in [0.717, 1.165) is 12.6 Å². The van der Waals surface area contributed by atoms with Gasteiger partial charge in [0.1, 0.15) is 35.6 Å². The number of ether oxygens (including phenoxy) is 2. The topological polar surface area (TPSA) is 52.6 Å². The first-order chi connectivity index (χ1) is 11.8. The van der Waals surface area contributed by atoms with Crippen molar-refractivity contribution in [2.45, 2.75) is 0 Å². The molecule has 24 heavy (non-hydrogen) atoms. The molecule has 4 nitrogen and oxygen atoms in total. The summed E-state index contributed by atoms with van der Waals surface area (Å²) in [5.41, 5.74) is 1.09. The van der Waals surface area contributed by atoms with E-state index in [9.17, 15) is 9.59 Å². The molecule has 0 atom stereocenters. The van der Waals surface area contributed by atoms with Gasteiger partial charge < -0.3 is 9.47 Å². The average molecular weight is 318 g/mol. The maximum absolute atomic E-state index is 10.8. The van der Waals surface area contributed by atoms with Crippen LogP contribution in [0.15, 0.2) is 72.8 Å². The van der Waals surface area contributed by atoms with Crippen LogP contribution in [-0.2, 0) is 0 Å². The van der Waals surface area contributed by atoms with Crippen molar-refractivity contribution in [3.63, 3.8) is 0 Å². The second kappa shape index (κ2) is 7.24. The molecule has 0 heterocycles. The van der Waals surface area contributed by atoms with Crippen LogP contribution in [0.1, 0.15) is 20.7 Å². The summed E-state index contributed by atoms with van der Waals surface area (Å²) in [5, 5.41) is 0. The highest BCUT2D eigenvalue weighted by molar-refractivity contribution is 5.76. The molecule has 0 bridgehead atoms. The molecule has 0 unspecified atom stereocenters. The average Bonchev–Trinajstić information content (AvgIpc) is 2.62. The number of aldehydes is 2. The minimum absolute atomic E-state index is 0.547. The van der Waals surface area contributed by atoms with Crippen molar-refractivity contribution in [1.29, 1.82) is 0 Å². The van der Waals surface area contributed by atoms with Crippen LogP contribution in [0.2, 0.25) is 0 Å². The lowest BCUT2D eigenvalue weighted by molar-refractivity contribution is 0.111. The van der Waals surface area contributed by atoms with Crippen LogP contribution in [0.3, 0.4) is 0 Å². The Morgan fingerprint density at radius 3 is 1.33 bits per heavy atom. The molecular weight excluding hydrogens is 304 g/mol. The first kappa shape index (κ1) is 15.5. The lowest BCUT2D eigenvalue weighted by Gasteiger charge is -2.09. The van der Waals surface area contributed by atoms with Crippen molar-refractivity contribution in [2.75, 3.05) is 0 Å². The molecule has 4 heteroatoms. The highest BCUT2D eigenvalue weighted by atomic mass is 16.5. The van der Waals surface area contributed by atoms with Gasteiger partial charge in [0, 0.05) is 17.2 Å².